The molecule has 0 aliphatic rings. The van der Waals surface area contributed by atoms with E-state index in [4.69, 9.17) is 23.2 Å². The number of hydrogen-bond donors (Lipinski definition) is 0. The molecule has 0 saturated heterocycles. The van der Waals surface area contributed by atoms with Crippen molar-refractivity contribution < 1.29 is 0 Å². The summed E-state index contributed by atoms with van der Waals surface area (Å²) in [6.07, 6.45) is 1.57. The molecule has 1 heterocycles. The first kappa shape index (κ1) is 6.84. The van der Waals surface area contributed by atoms with E-state index in [1.54, 1.807) is 12.3 Å². The van der Waals surface area contributed by atoms with Gasteiger partial charge in [0.25, 0.3) is 0 Å². The van der Waals surface area contributed by atoms with Crippen molar-refractivity contribution in [3.8, 4) is 0 Å². The molecule has 1 nitrogen and oxygen atoms in total. The van der Waals surface area contributed by atoms with E-state index in [0.29, 0.717) is 10.0 Å². The van der Waals surface area contributed by atoms with Crippen LogP contribution in [0.15, 0.2) is 12.3 Å². The Kier molecular flexibility index (Phi) is 1.94. The average Bonchev–Trinajstić information content (AvgIpc) is 1.80. The van der Waals surface area contributed by atoms with Crippen LogP contribution in [-0.2, 0) is 0 Å². The third kappa shape index (κ3) is 1.57. The number of aryl methyl sites for hydroxylation is 1. The summed E-state index contributed by atoms with van der Waals surface area (Å²) in [6.45, 7) is 1.83. The third-order valence-electron chi connectivity index (χ3n) is 0.992. The molecule has 1 aromatic rings. The van der Waals surface area contributed by atoms with E-state index < -0.39 is 0 Å². The van der Waals surface area contributed by atoms with Gasteiger partial charge in [0.2, 0.25) is 0 Å². The standard InChI is InChI=1S/C6H5Cl2N/c1-4-6(8)2-5(7)3-9-4/h2-3H,1H3. The van der Waals surface area contributed by atoms with Gasteiger partial charge in [-0.05, 0) is 13.0 Å². The zero-order valence-electron chi connectivity index (χ0n) is 4.86. The molecular weight excluding hydrogens is 157 g/mol. The molecule has 0 unspecified atom stereocenters. The number of hydrogen-bond acceptors (Lipinski definition) is 1. The van der Waals surface area contributed by atoms with Crippen LogP contribution in [0.4, 0.5) is 0 Å². The highest BCUT2D eigenvalue weighted by Crippen LogP contribution is 2.16. The lowest BCUT2D eigenvalue weighted by Gasteiger charge is -1.93. The van der Waals surface area contributed by atoms with Crippen LogP contribution in [0.2, 0.25) is 10.0 Å². The SMILES string of the molecule is Cc1ncc(Cl)cc1Cl. The summed E-state index contributed by atoms with van der Waals surface area (Å²) >= 11 is 11.2. The van der Waals surface area contributed by atoms with Crippen molar-refractivity contribution in [2.45, 2.75) is 6.92 Å². The number of aromatic nitrogens is 1. The van der Waals surface area contributed by atoms with Gasteiger partial charge in [0.15, 0.2) is 0 Å². The summed E-state index contributed by atoms with van der Waals surface area (Å²) in [6, 6.07) is 1.67. The van der Waals surface area contributed by atoms with Crippen LogP contribution < -0.4 is 0 Å². The van der Waals surface area contributed by atoms with E-state index in [1.807, 2.05) is 6.92 Å². The van der Waals surface area contributed by atoms with Crippen molar-refractivity contribution in [1.82, 2.24) is 4.98 Å². The van der Waals surface area contributed by atoms with Gasteiger partial charge in [-0.1, -0.05) is 23.2 Å². The Morgan fingerprint density at radius 1 is 1.44 bits per heavy atom. The number of pyridine rings is 1. The molecule has 0 aliphatic carbocycles. The van der Waals surface area contributed by atoms with E-state index in [0.717, 1.165) is 5.69 Å². The zero-order valence-corrected chi connectivity index (χ0v) is 6.37. The fourth-order valence-corrected chi connectivity index (χ4v) is 0.863. The van der Waals surface area contributed by atoms with Crippen molar-refractivity contribution in [3.63, 3.8) is 0 Å². The molecule has 0 atom stereocenters. The molecule has 0 saturated carbocycles. The van der Waals surface area contributed by atoms with Crippen LogP contribution in [0.25, 0.3) is 0 Å². The smallest absolute Gasteiger partial charge is 0.0633 e. The maximum Gasteiger partial charge on any atom is 0.0633 e. The molecule has 0 aliphatic heterocycles. The number of nitrogens with zero attached hydrogens (tertiary/aromatic N) is 1. The van der Waals surface area contributed by atoms with Gasteiger partial charge in [-0.2, -0.15) is 0 Å². The maximum absolute atomic E-state index is 5.67. The normalized spacial score (nSPS) is 9.67. The monoisotopic (exact) mass is 161 g/mol. The molecule has 0 bridgehead atoms. The van der Waals surface area contributed by atoms with Gasteiger partial charge in [0.1, 0.15) is 0 Å². The van der Waals surface area contributed by atoms with E-state index >= 15 is 0 Å². The van der Waals surface area contributed by atoms with Crippen molar-refractivity contribution in [2.24, 2.45) is 0 Å². The Morgan fingerprint density at radius 2 is 2.11 bits per heavy atom. The van der Waals surface area contributed by atoms with Crippen LogP contribution in [0, 0.1) is 6.92 Å². The van der Waals surface area contributed by atoms with Crippen LogP contribution in [0.3, 0.4) is 0 Å². The second kappa shape index (κ2) is 2.54. The molecule has 1 rings (SSSR count). The van der Waals surface area contributed by atoms with Crippen molar-refractivity contribution in [1.29, 1.82) is 0 Å². The summed E-state index contributed by atoms with van der Waals surface area (Å²) in [4.78, 5) is 3.91. The maximum atomic E-state index is 5.67. The molecule has 9 heavy (non-hydrogen) atoms. The van der Waals surface area contributed by atoms with Crippen molar-refractivity contribution in [2.75, 3.05) is 0 Å². The summed E-state index contributed by atoms with van der Waals surface area (Å²) in [5.74, 6) is 0. The van der Waals surface area contributed by atoms with Gasteiger partial charge in [-0.25, -0.2) is 0 Å². The molecular formula is C6H5Cl2N. The Morgan fingerprint density at radius 3 is 2.56 bits per heavy atom. The lowest BCUT2D eigenvalue weighted by molar-refractivity contribution is 1.20. The topological polar surface area (TPSA) is 12.9 Å². The molecule has 0 amide bonds. The summed E-state index contributed by atoms with van der Waals surface area (Å²) in [5, 5.41) is 1.19. The summed E-state index contributed by atoms with van der Waals surface area (Å²) in [5.41, 5.74) is 0.807. The Labute approximate surface area is 63.6 Å². The molecule has 3 heteroatoms. The average molecular weight is 162 g/mol. The van der Waals surface area contributed by atoms with E-state index in [1.165, 1.54) is 0 Å². The van der Waals surface area contributed by atoms with Gasteiger partial charge in [0, 0.05) is 6.20 Å². The molecule has 0 radical (unpaired) electrons. The van der Waals surface area contributed by atoms with Gasteiger partial charge in [0.05, 0.1) is 15.7 Å². The molecule has 48 valence electrons. The van der Waals surface area contributed by atoms with Crippen LogP contribution >= 0.6 is 23.2 Å². The van der Waals surface area contributed by atoms with Crippen molar-refractivity contribution >= 4 is 23.2 Å². The fourth-order valence-electron chi connectivity index (χ4n) is 0.483. The Hall–Kier alpha value is -0.270. The minimum Gasteiger partial charge on any atom is -0.258 e. The predicted molar refractivity (Wildman–Crippen MR) is 39.0 cm³/mol. The molecule has 1 aromatic heterocycles. The molecule has 0 spiro atoms. The molecule has 0 aromatic carbocycles. The van der Waals surface area contributed by atoms with Gasteiger partial charge in [-0.3, -0.25) is 4.98 Å². The second-order valence-electron chi connectivity index (χ2n) is 1.72. The first-order valence-electron chi connectivity index (χ1n) is 2.48. The summed E-state index contributed by atoms with van der Waals surface area (Å²) < 4.78 is 0. The first-order valence-corrected chi connectivity index (χ1v) is 3.23. The number of halogens is 2. The minimum atomic E-state index is 0.575. The van der Waals surface area contributed by atoms with E-state index in [9.17, 15) is 0 Å². The van der Waals surface area contributed by atoms with Gasteiger partial charge >= 0.3 is 0 Å². The highest BCUT2D eigenvalue weighted by atomic mass is 35.5. The highest BCUT2D eigenvalue weighted by Gasteiger charge is 1.94. The van der Waals surface area contributed by atoms with Crippen LogP contribution in [0.1, 0.15) is 5.69 Å². The summed E-state index contributed by atoms with van der Waals surface area (Å²) in [7, 11) is 0. The van der Waals surface area contributed by atoms with E-state index in [2.05, 4.69) is 4.98 Å². The lowest BCUT2D eigenvalue weighted by atomic mass is 10.4. The highest BCUT2D eigenvalue weighted by molar-refractivity contribution is 6.34. The Bertz CT molecular complexity index is 222. The third-order valence-corrected chi connectivity index (χ3v) is 1.58. The fraction of sp³-hybridized carbons (Fsp3) is 0.167. The van der Waals surface area contributed by atoms with Crippen LogP contribution in [0.5, 0.6) is 0 Å². The van der Waals surface area contributed by atoms with Gasteiger partial charge in [-0.15, -0.1) is 0 Å². The molecule has 0 N–H and O–H groups in total. The van der Waals surface area contributed by atoms with Crippen LogP contribution in [-0.4, -0.2) is 4.98 Å². The largest absolute Gasteiger partial charge is 0.258 e. The van der Waals surface area contributed by atoms with E-state index in [-0.39, 0.29) is 0 Å². The quantitative estimate of drug-likeness (QED) is 0.571. The zero-order chi connectivity index (χ0) is 6.85. The lowest BCUT2D eigenvalue weighted by Crippen LogP contribution is -1.79. The Balaban J connectivity index is 3.17. The van der Waals surface area contributed by atoms with Crippen molar-refractivity contribution in [3.05, 3.63) is 28.0 Å². The minimum absolute atomic E-state index is 0.575. The number of rotatable bonds is 0. The second-order valence-corrected chi connectivity index (χ2v) is 2.56. The molecule has 0 fully saturated rings. The van der Waals surface area contributed by atoms with Gasteiger partial charge < -0.3 is 0 Å². The first-order chi connectivity index (χ1) is 4.20. The predicted octanol–water partition coefficient (Wildman–Crippen LogP) is 2.70.